The predicted octanol–water partition coefficient (Wildman–Crippen LogP) is 1.97. The summed E-state index contributed by atoms with van der Waals surface area (Å²) in [5, 5.41) is 0. The van der Waals surface area contributed by atoms with Gasteiger partial charge in [0.05, 0.1) is 21.3 Å². The van der Waals surface area contributed by atoms with Crippen molar-refractivity contribution in [2.45, 2.75) is 25.2 Å². The monoisotopic (exact) mass is 333 g/mol. The highest BCUT2D eigenvalue weighted by Crippen LogP contribution is 2.62. The van der Waals surface area contributed by atoms with Crippen LogP contribution in [0, 0.1) is 5.41 Å². The van der Waals surface area contributed by atoms with E-state index in [0.29, 0.717) is 31.0 Å². The SMILES string of the molecule is COC(=O)[C@]1(C(=O)N2CCCC2)C[C@@H]1c1cc(OC)cc(OC)c1. The molecule has 2 aliphatic rings. The maximum Gasteiger partial charge on any atom is 0.322 e. The fourth-order valence-corrected chi connectivity index (χ4v) is 3.63. The molecule has 1 heterocycles. The van der Waals surface area contributed by atoms with Crippen molar-refractivity contribution in [2.24, 2.45) is 5.41 Å². The summed E-state index contributed by atoms with van der Waals surface area (Å²) in [4.78, 5) is 27.2. The first-order chi connectivity index (χ1) is 11.6. The van der Waals surface area contributed by atoms with E-state index in [1.54, 1.807) is 25.2 Å². The molecule has 1 aromatic rings. The molecule has 1 aromatic carbocycles. The first-order valence-corrected chi connectivity index (χ1v) is 8.17. The number of esters is 1. The molecule has 6 heteroatoms. The zero-order chi connectivity index (χ0) is 17.3. The standard InChI is InChI=1S/C18H23NO5/c1-22-13-8-12(9-14(10-13)23-2)15-11-18(15,17(21)24-3)16(20)19-6-4-5-7-19/h8-10,15H,4-7,11H2,1-3H3/t15-,18-/m1/s1. The van der Waals surface area contributed by atoms with Crippen LogP contribution in [0.4, 0.5) is 0 Å². The number of ether oxygens (including phenoxy) is 3. The molecule has 1 saturated heterocycles. The van der Waals surface area contributed by atoms with Crippen molar-refractivity contribution < 1.29 is 23.8 Å². The molecule has 2 atom stereocenters. The van der Waals surface area contributed by atoms with Crippen LogP contribution in [-0.4, -0.2) is 51.2 Å². The molecule has 0 spiro atoms. The van der Waals surface area contributed by atoms with Gasteiger partial charge in [0.15, 0.2) is 5.41 Å². The Morgan fingerprint density at radius 2 is 1.62 bits per heavy atom. The summed E-state index contributed by atoms with van der Waals surface area (Å²) in [6, 6.07) is 5.48. The van der Waals surface area contributed by atoms with E-state index in [0.717, 1.165) is 18.4 Å². The molecule has 0 bridgehead atoms. The summed E-state index contributed by atoms with van der Waals surface area (Å²) in [5.74, 6) is 0.513. The van der Waals surface area contributed by atoms with Crippen LogP contribution in [0.25, 0.3) is 0 Å². The third-order valence-corrected chi connectivity index (χ3v) is 5.06. The Morgan fingerprint density at radius 3 is 2.12 bits per heavy atom. The molecule has 0 aromatic heterocycles. The molecule has 1 amide bonds. The zero-order valence-corrected chi connectivity index (χ0v) is 14.3. The zero-order valence-electron chi connectivity index (χ0n) is 14.3. The number of amides is 1. The summed E-state index contributed by atoms with van der Waals surface area (Å²) < 4.78 is 15.6. The topological polar surface area (TPSA) is 65.1 Å². The normalized spacial score (nSPS) is 25.3. The van der Waals surface area contributed by atoms with Gasteiger partial charge < -0.3 is 19.1 Å². The quantitative estimate of drug-likeness (QED) is 0.609. The predicted molar refractivity (Wildman–Crippen MR) is 87.2 cm³/mol. The van der Waals surface area contributed by atoms with Gasteiger partial charge >= 0.3 is 5.97 Å². The van der Waals surface area contributed by atoms with Crippen LogP contribution in [0.1, 0.15) is 30.7 Å². The number of benzene rings is 1. The van der Waals surface area contributed by atoms with Crippen molar-refractivity contribution in [1.29, 1.82) is 0 Å². The van der Waals surface area contributed by atoms with E-state index in [1.807, 2.05) is 12.1 Å². The molecule has 1 aliphatic carbocycles. The van der Waals surface area contributed by atoms with Crippen molar-refractivity contribution in [3.05, 3.63) is 23.8 Å². The maximum atomic E-state index is 13.0. The van der Waals surface area contributed by atoms with Crippen LogP contribution in [0.15, 0.2) is 18.2 Å². The molecular formula is C18H23NO5. The Bertz CT molecular complexity index is 631. The maximum absolute atomic E-state index is 13.0. The van der Waals surface area contributed by atoms with E-state index < -0.39 is 11.4 Å². The lowest BCUT2D eigenvalue weighted by Gasteiger charge is -2.22. The largest absolute Gasteiger partial charge is 0.497 e. The molecule has 0 unspecified atom stereocenters. The molecule has 1 aliphatic heterocycles. The van der Waals surface area contributed by atoms with Crippen molar-refractivity contribution in [3.8, 4) is 11.5 Å². The van der Waals surface area contributed by atoms with Gasteiger partial charge in [0.25, 0.3) is 0 Å². The van der Waals surface area contributed by atoms with E-state index in [4.69, 9.17) is 14.2 Å². The molecule has 130 valence electrons. The van der Waals surface area contributed by atoms with E-state index in [2.05, 4.69) is 0 Å². The molecule has 0 radical (unpaired) electrons. The first kappa shape index (κ1) is 16.6. The van der Waals surface area contributed by atoms with Gasteiger partial charge in [-0.1, -0.05) is 0 Å². The van der Waals surface area contributed by atoms with Gasteiger partial charge in [-0.3, -0.25) is 9.59 Å². The minimum Gasteiger partial charge on any atom is -0.497 e. The van der Waals surface area contributed by atoms with Crippen LogP contribution in [0.5, 0.6) is 11.5 Å². The average Bonchev–Trinajstić information content (AvgIpc) is 3.15. The van der Waals surface area contributed by atoms with E-state index in [9.17, 15) is 9.59 Å². The Balaban J connectivity index is 1.94. The number of hydrogen-bond donors (Lipinski definition) is 0. The van der Waals surface area contributed by atoms with Crippen LogP contribution >= 0.6 is 0 Å². The lowest BCUT2D eigenvalue weighted by Crippen LogP contribution is -2.40. The number of hydrogen-bond acceptors (Lipinski definition) is 5. The van der Waals surface area contributed by atoms with Crippen molar-refractivity contribution in [2.75, 3.05) is 34.4 Å². The fourth-order valence-electron chi connectivity index (χ4n) is 3.63. The molecule has 3 rings (SSSR count). The number of likely N-dealkylation sites (tertiary alicyclic amines) is 1. The summed E-state index contributed by atoms with van der Waals surface area (Å²) >= 11 is 0. The lowest BCUT2D eigenvalue weighted by molar-refractivity contribution is -0.155. The fraction of sp³-hybridized carbons (Fsp3) is 0.556. The van der Waals surface area contributed by atoms with E-state index in [1.165, 1.54) is 7.11 Å². The molecule has 6 nitrogen and oxygen atoms in total. The molecular weight excluding hydrogens is 310 g/mol. The van der Waals surface area contributed by atoms with Gasteiger partial charge in [-0.25, -0.2) is 0 Å². The highest BCUT2D eigenvalue weighted by Gasteiger charge is 2.68. The summed E-state index contributed by atoms with van der Waals surface area (Å²) in [7, 11) is 4.49. The second kappa shape index (κ2) is 6.34. The van der Waals surface area contributed by atoms with Gasteiger partial charge in [-0.15, -0.1) is 0 Å². The van der Waals surface area contributed by atoms with Crippen LogP contribution < -0.4 is 9.47 Å². The van der Waals surface area contributed by atoms with Crippen molar-refractivity contribution in [1.82, 2.24) is 4.90 Å². The van der Waals surface area contributed by atoms with Crippen LogP contribution in [-0.2, 0) is 14.3 Å². The number of carbonyl (C=O) groups is 2. The summed E-state index contributed by atoms with van der Waals surface area (Å²) in [5.41, 5.74) is -0.236. The number of carbonyl (C=O) groups excluding carboxylic acids is 2. The first-order valence-electron chi connectivity index (χ1n) is 8.17. The third-order valence-electron chi connectivity index (χ3n) is 5.06. The van der Waals surface area contributed by atoms with Crippen LogP contribution in [0.2, 0.25) is 0 Å². The molecule has 1 saturated carbocycles. The third kappa shape index (κ3) is 2.60. The van der Waals surface area contributed by atoms with Crippen molar-refractivity contribution >= 4 is 11.9 Å². The van der Waals surface area contributed by atoms with Gasteiger partial charge in [0.2, 0.25) is 5.91 Å². The molecule has 24 heavy (non-hydrogen) atoms. The van der Waals surface area contributed by atoms with Crippen LogP contribution in [0.3, 0.4) is 0 Å². The molecule has 0 N–H and O–H groups in total. The van der Waals surface area contributed by atoms with Gasteiger partial charge in [0, 0.05) is 25.1 Å². The van der Waals surface area contributed by atoms with Gasteiger partial charge in [0.1, 0.15) is 11.5 Å². The number of nitrogens with zero attached hydrogens (tertiary/aromatic N) is 1. The summed E-state index contributed by atoms with van der Waals surface area (Å²) in [6.45, 7) is 1.43. The second-order valence-corrected chi connectivity index (χ2v) is 6.36. The Kier molecular flexibility index (Phi) is 4.39. The van der Waals surface area contributed by atoms with Gasteiger partial charge in [-0.2, -0.15) is 0 Å². The number of methoxy groups -OCH3 is 3. The van der Waals surface area contributed by atoms with E-state index >= 15 is 0 Å². The molecule has 2 fully saturated rings. The summed E-state index contributed by atoms with van der Waals surface area (Å²) in [6.07, 6.45) is 2.44. The second-order valence-electron chi connectivity index (χ2n) is 6.36. The average molecular weight is 333 g/mol. The minimum absolute atomic E-state index is 0.112. The highest BCUT2D eigenvalue weighted by molar-refractivity contribution is 6.07. The highest BCUT2D eigenvalue weighted by atomic mass is 16.5. The lowest BCUT2D eigenvalue weighted by atomic mass is 9.97. The smallest absolute Gasteiger partial charge is 0.322 e. The Hall–Kier alpha value is -2.24. The minimum atomic E-state index is -1.10. The van der Waals surface area contributed by atoms with E-state index in [-0.39, 0.29) is 11.8 Å². The Labute approximate surface area is 141 Å². The Morgan fingerprint density at radius 1 is 1.04 bits per heavy atom. The van der Waals surface area contributed by atoms with Gasteiger partial charge in [-0.05, 0) is 37.0 Å². The van der Waals surface area contributed by atoms with Crippen molar-refractivity contribution in [3.63, 3.8) is 0 Å². The number of rotatable bonds is 5.